The van der Waals surface area contributed by atoms with Gasteiger partial charge in [0.2, 0.25) is 0 Å². The van der Waals surface area contributed by atoms with Crippen LogP contribution in [-0.2, 0) is 10.0 Å². The molecule has 0 heterocycles. The minimum atomic E-state index is -4.07. The Labute approximate surface area is 137 Å². The van der Waals surface area contributed by atoms with E-state index >= 15 is 0 Å². The molecule has 0 atom stereocenters. The normalized spacial score (nSPS) is 10.9. The maximum Gasteiger partial charge on any atom is 0.270 e. The van der Waals surface area contributed by atoms with Crippen molar-refractivity contribution in [1.29, 1.82) is 0 Å². The molecule has 0 aliphatic rings. The van der Waals surface area contributed by atoms with E-state index in [0.717, 1.165) is 24.3 Å². The predicted octanol–water partition coefficient (Wildman–Crippen LogP) is 1.23. The molecule has 0 aliphatic heterocycles. The number of sulfonamides is 1. The van der Waals surface area contributed by atoms with E-state index in [1.54, 1.807) is 18.2 Å². The maximum atomic E-state index is 12.1. The highest BCUT2D eigenvalue weighted by molar-refractivity contribution is 7.89. The fourth-order valence-corrected chi connectivity index (χ4v) is 2.66. The third kappa shape index (κ3) is 3.86. The van der Waals surface area contributed by atoms with Gasteiger partial charge in [0.05, 0.1) is 22.5 Å². The summed E-state index contributed by atoms with van der Waals surface area (Å²) < 4.78 is 29.2. The molecule has 0 aliphatic carbocycles. The summed E-state index contributed by atoms with van der Waals surface area (Å²) in [7, 11) is -2.69. The lowest BCUT2D eigenvalue weighted by Gasteiger charge is -2.10. The van der Waals surface area contributed by atoms with Crippen LogP contribution in [0, 0.1) is 10.1 Å². The molecule has 0 saturated heterocycles. The van der Waals surface area contributed by atoms with Gasteiger partial charge in [-0.2, -0.15) is 0 Å². The molecule has 9 nitrogen and oxygen atoms in total. The van der Waals surface area contributed by atoms with Crippen LogP contribution in [0.15, 0.2) is 53.4 Å². The second-order valence-corrected chi connectivity index (χ2v) is 6.19. The molecule has 2 aromatic carbocycles. The molecule has 24 heavy (non-hydrogen) atoms. The average molecular weight is 351 g/mol. The molecule has 2 aromatic rings. The number of methoxy groups -OCH3 is 1. The summed E-state index contributed by atoms with van der Waals surface area (Å²) in [6.07, 6.45) is 0. The fraction of sp³-hybridized carbons (Fsp3) is 0.0714. The maximum absolute atomic E-state index is 12.1. The van der Waals surface area contributed by atoms with E-state index in [1.165, 1.54) is 13.2 Å². The molecule has 1 amide bonds. The Morgan fingerprint density at radius 2 is 1.75 bits per heavy atom. The molecule has 0 fully saturated rings. The topological polar surface area (TPSA) is 128 Å². The SMILES string of the molecule is COc1ccccc1C(=O)NNS(=O)(=O)c1ccc([N+](=O)[O-])cc1. The van der Waals surface area contributed by atoms with Gasteiger partial charge in [0.15, 0.2) is 0 Å². The number of para-hydroxylation sites is 1. The minimum Gasteiger partial charge on any atom is -0.496 e. The predicted molar refractivity (Wildman–Crippen MR) is 83.9 cm³/mol. The van der Waals surface area contributed by atoms with Crippen LogP contribution in [0.4, 0.5) is 5.69 Å². The van der Waals surface area contributed by atoms with E-state index in [1.807, 2.05) is 4.83 Å². The minimum absolute atomic E-state index is 0.145. The number of hydrogen-bond acceptors (Lipinski definition) is 6. The number of non-ortho nitro benzene ring substituents is 1. The zero-order valence-corrected chi connectivity index (χ0v) is 13.2. The van der Waals surface area contributed by atoms with Crippen molar-refractivity contribution in [3.63, 3.8) is 0 Å². The number of carbonyl (C=O) groups excluding carboxylic acids is 1. The van der Waals surface area contributed by atoms with Gasteiger partial charge in [-0.05, 0) is 24.3 Å². The first-order valence-corrected chi connectivity index (χ1v) is 8.03. The van der Waals surface area contributed by atoms with E-state index in [2.05, 4.69) is 5.43 Å². The molecular weight excluding hydrogens is 338 g/mol. The van der Waals surface area contributed by atoms with Crippen LogP contribution in [-0.4, -0.2) is 26.4 Å². The monoisotopic (exact) mass is 351 g/mol. The molecule has 0 aromatic heterocycles. The van der Waals surface area contributed by atoms with Crippen molar-refractivity contribution in [3.05, 3.63) is 64.2 Å². The van der Waals surface area contributed by atoms with Crippen molar-refractivity contribution in [2.45, 2.75) is 4.90 Å². The van der Waals surface area contributed by atoms with E-state index < -0.39 is 20.9 Å². The fourth-order valence-electron chi connectivity index (χ4n) is 1.82. The van der Waals surface area contributed by atoms with Crippen LogP contribution in [0.2, 0.25) is 0 Å². The van der Waals surface area contributed by atoms with Crippen molar-refractivity contribution in [3.8, 4) is 5.75 Å². The number of hydrazine groups is 1. The molecule has 0 unspecified atom stereocenters. The van der Waals surface area contributed by atoms with Gasteiger partial charge >= 0.3 is 0 Å². The number of nitro groups is 1. The number of hydrogen-bond donors (Lipinski definition) is 2. The van der Waals surface area contributed by atoms with Gasteiger partial charge in [0.1, 0.15) is 5.75 Å². The third-order valence-corrected chi connectivity index (χ3v) is 4.27. The second-order valence-electron chi connectivity index (χ2n) is 4.51. The number of amides is 1. The van der Waals surface area contributed by atoms with Crippen LogP contribution in [0.5, 0.6) is 5.75 Å². The molecule has 0 radical (unpaired) electrons. The van der Waals surface area contributed by atoms with Crippen molar-refractivity contribution < 1.29 is 22.9 Å². The van der Waals surface area contributed by atoms with Crippen LogP contribution in [0.1, 0.15) is 10.4 Å². The Bertz CT molecular complexity index is 864. The van der Waals surface area contributed by atoms with Crippen LogP contribution in [0.25, 0.3) is 0 Å². The number of nitrogens with zero attached hydrogens (tertiary/aromatic N) is 1. The zero-order valence-electron chi connectivity index (χ0n) is 12.4. The van der Waals surface area contributed by atoms with Crippen molar-refractivity contribution in [2.75, 3.05) is 7.11 Å². The summed E-state index contributed by atoms with van der Waals surface area (Å²) in [5.41, 5.74) is 1.96. The first-order chi connectivity index (χ1) is 11.3. The van der Waals surface area contributed by atoms with Gasteiger partial charge in [-0.1, -0.05) is 12.1 Å². The number of nitrogens with one attached hydrogen (secondary N) is 2. The lowest BCUT2D eigenvalue weighted by molar-refractivity contribution is -0.384. The molecule has 0 bridgehead atoms. The standard InChI is InChI=1S/C14H13N3O6S/c1-23-13-5-3-2-4-12(13)14(18)15-16-24(21,22)11-8-6-10(7-9-11)17(19)20/h2-9,16H,1H3,(H,15,18). The smallest absolute Gasteiger partial charge is 0.270 e. The Kier molecular flexibility index (Phi) is 5.11. The van der Waals surface area contributed by atoms with Gasteiger partial charge in [0, 0.05) is 12.1 Å². The largest absolute Gasteiger partial charge is 0.496 e. The Hall–Kier alpha value is -2.98. The molecule has 0 spiro atoms. The summed E-state index contributed by atoms with van der Waals surface area (Å²) in [5, 5.41) is 10.6. The van der Waals surface area contributed by atoms with E-state index in [-0.39, 0.29) is 21.9 Å². The quantitative estimate of drug-likeness (QED) is 0.595. The summed E-state index contributed by atoms with van der Waals surface area (Å²) in [5.74, 6) is -0.428. The summed E-state index contributed by atoms with van der Waals surface area (Å²) in [6.45, 7) is 0. The number of nitro benzene ring substituents is 1. The summed E-state index contributed by atoms with van der Waals surface area (Å²) >= 11 is 0. The van der Waals surface area contributed by atoms with Gasteiger partial charge in [0.25, 0.3) is 21.6 Å². The summed E-state index contributed by atoms with van der Waals surface area (Å²) in [4.78, 5) is 23.7. The molecular formula is C14H13N3O6S. The van der Waals surface area contributed by atoms with Crippen LogP contribution >= 0.6 is 0 Å². The lowest BCUT2D eigenvalue weighted by Crippen LogP contribution is -2.41. The van der Waals surface area contributed by atoms with Crippen LogP contribution < -0.4 is 15.0 Å². The Balaban J connectivity index is 2.12. The van der Waals surface area contributed by atoms with Gasteiger partial charge in [-0.3, -0.25) is 20.3 Å². The van der Waals surface area contributed by atoms with Crippen molar-refractivity contribution in [1.82, 2.24) is 10.3 Å². The highest BCUT2D eigenvalue weighted by atomic mass is 32.2. The van der Waals surface area contributed by atoms with Gasteiger partial charge in [-0.15, -0.1) is 4.83 Å². The first-order valence-electron chi connectivity index (χ1n) is 6.55. The molecule has 0 saturated carbocycles. The van der Waals surface area contributed by atoms with Gasteiger partial charge in [-0.25, -0.2) is 8.42 Å². The number of benzene rings is 2. The Morgan fingerprint density at radius 3 is 2.33 bits per heavy atom. The third-order valence-electron chi connectivity index (χ3n) is 3.01. The molecule has 126 valence electrons. The molecule has 2 N–H and O–H groups in total. The van der Waals surface area contributed by atoms with Gasteiger partial charge < -0.3 is 4.74 Å². The summed E-state index contributed by atoms with van der Waals surface area (Å²) in [6, 6.07) is 10.5. The van der Waals surface area contributed by atoms with E-state index in [9.17, 15) is 23.3 Å². The van der Waals surface area contributed by atoms with Crippen molar-refractivity contribution in [2.24, 2.45) is 0 Å². The number of carbonyl (C=O) groups is 1. The lowest BCUT2D eigenvalue weighted by atomic mass is 10.2. The van der Waals surface area contributed by atoms with E-state index in [0.29, 0.717) is 0 Å². The highest BCUT2D eigenvalue weighted by Crippen LogP contribution is 2.17. The number of rotatable bonds is 6. The molecule has 2 rings (SSSR count). The molecule has 10 heteroatoms. The zero-order chi connectivity index (χ0) is 17.7. The number of ether oxygens (including phenoxy) is 1. The second kappa shape index (κ2) is 7.06. The van der Waals surface area contributed by atoms with Crippen molar-refractivity contribution >= 4 is 21.6 Å². The van der Waals surface area contributed by atoms with Crippen LogP contribution in [0.3, 0.4) is 0 Å². The average Bonchev–Trinajstić information content (AvgIpc) is 2.59. The first kappa shape index (κ1) is 17.4. The highest BCUT2D eigenvalue weighted by Gasteiger charge is 2.18. The van der Waals surface area contributed by atoms with E-state index in [4.69, 9.17) is 4.74 Å². The Morgan fingerprint density at radius 1 is 1.12 bits per heavy atom.